The monoisotopic (exact) mass is 233 g/mol. The van der Waals surface area contributed by atoms with Crippen LogP contribution in [0.15, 0.2) is 18.2 Å². The van der Waals surface area contributed by atoms with Gasteiger partial charge in [0.25, 0.3) is 0 Å². The minimum Gasteiger partial charge on any atom is -0.310 e. The first-order valence-corrected chi connectivity index (χ1v) is 5.08. The lowest BCUT2D eigenvalue weighted by atomic mass is 10.0. The van der Waals surface area contributed by atoms with Crippen LogP contribution in [0.1, 0.15) is 30.0 Å². The summed E-state index contributed by atoms with van der Waals surface area (Å²) in [7, 11) is 0. The van der Waals surface area contributed by atoms with Crippen LogP contribution in [0.25, 0.3) is 0 Å². The van der Waals surface area contributed by atoms with Gasteiger partial charge in [-0.15, -0.1) is 0 Å². The minimum absolute atomic E-state index is 0.0818. The summed E-state index contributed by atoms with van der Waals surface area (Å²) in [5, 5.41) is 3.08. The number of rotatable bonds is 1. The van der Waals surface area contributed by atoms with Crippen LogP contribution < -0.4 is 5.32 Å². The summed E-state index contributed by atoms with van der Waals surface area (Å²) < 4.78 is 50.4. The maximum Gasteiger partial charge on any atom is 0.419 e. The molecular formula is C11H11F4N. The van der Waals surface area contributed by atoms with Gasteiger partial charge < -0.3 is 5.32 Å². The molecule has 1 aliphatic heterocycles. The Balaban J connectivity index is 2.35. The minimum atomic E-state index is -4.63. The normalized spacial score (nSPS) is 21.4. The number of benzene rings is 1. The summed E-state index contributed by atoms with van der Waals surface area (Å²) >= 11 is 0. The molecule has 0 aromatic heterocycles. The highest BCUT2D eigenvalue weighted by molar-refractivity contribution is 5.29. The van der Waals surface area contributed by atoms with E-state index in [9.17, 15) is 17.6 Å². The van der Waals surface area contributed by atoms with Gasteiger partial charge in [-0.25, -0.2) is 4.39 Å². The lowest BCUT2D eigenvalue weighted by Crippen LogP contribution is -2.15. The van der Waals surface area contributed by atoms with E-state index in [1.807, 2.05) is 0 Å². The van der Waals surface area contributed by atoms with E-state index in [1.165, 1.54) is 6.07 Å². The molecular weight excluding hydrogens is 222 g/mol. The molecule has 1 saturated heterocycles. The van der Waals surface area contributed by atoms with Gasteiger partial charge >= 0.3 is 6.18 Å². The molecule has 0 radical (unpaired) electrons. The van der Waals surface area contributed by atoms with Crippen LogP contribution in [0.3, 0.4) is 0 Å². The van der Waals surface area contributed by atoms with Crippen LogP contribution in [0.4, 0.5) is 17.6 Å². The third-order valence-electron chi connectivity index (χ3n) is 2.76. The number of nitrogens with one attached hydrogen (secondary N) is 1. The smallest absolute Gasteiger partial charge is 0.310 e. The fourth-order valence-corrected chi connectivity index (χ4v) is 1.95. The molecule has 0 aliphatic carbocycles. The first-order chi connectivity index (χ1) is 7.48. The first-order valence-electron chi connectivity index (χ1n) is 5.08. The molecule has 16 heavy (non-hydrogen) atoms. The summed E-state index contributed by atoms with van der Waals surface area (Å²) in [6.45, 7) is 0.795. The van der Waals surface area contributed by atoms with Crippen molar-refractivity contribution in [1.82, 2.24) is 5.32 Å². The van der Waals surface area contributed by atoms with Crippen molar-refractivity contribution in [3.63, 3.8) is 0 Å². The van der Waals surface area contributed by atoms with Gasteiger partial charge in [0, 0.05) is 6.04 Å². The number of hydrogen-bond acceptors (Lipinski definition) is 1. The number of halogens is 4. The van der Waals surface area contributed by atoms with Gasteiger partial charge in [-0.1, -0.05) is 6.07 Å². The van der Waals surface area contributed by atoms with E-state index in [0.717, 1.165) is 31.5 Å². The Morgan fingerprint density at radius 2 is 2.00 bits per heavy atom. The highest BCUT2D eigenvalue weighted by atomic mass is 19.4. The van der Waals surface area contributed by atoms with Crippen molar-refractivity contribution in [1.29, 1.82) is 0 Å². The van der Waals surface area contributed by atoms with Gasteiger partial charge in [0.15, 0.2) is 0 Å². The Morgan fingerprint density at radius 3 is 2.56 bits per heavy atom. The standard InChI is InChI=1S/C11H11F4N/c12-9-4-3-7(10-2-1-5-16-10)6-8(9)11(13,14)15/h3-4,6,10,16H,1-2,5H2/t10-/m1/s1. The topological polar surface area (TPSA) is 12.0 Å². The Hall–Kier alpha value is -1.10. The van der Waals surface area contributed by atoms with Crippen molar-refractivity contribution in [2.45, 2.75) is 25.1 Å². The molecule has 88 valence electrons. The summed E-state index contributed by atoms with van der Waals surface area (Å²) in [4.78, 5) is 0. The van der Waals surface area contributed by atoms with Crippen molar-refractivity contribution in [3.05, 3.63) is 35.1 Å². The third kappa shape index (κ3) is 2.19. The maximum atomic E-state index is 13.0. The molecule has 0 saturated carbocycles. The first kappa shape index (κ1) is 11.4. The van der Waals surface area contributed by atoms with Crippen molar-refractivity contribution in [2.75, 3.05) is 6.54 Å². The fourth-order valence-electron chi connectivity index (χ4n) is 1.95. The van der Waals surface area contributed by atoms with E-state index in [4.69, 9.17) is 0 Å². The van der Waals surface area contributed by atoms with E-state index in [0.29, 0.717) is 5.56 Å². The largest absolute Gasteiger partial charge is 0.419 e. The predicted molar refractivity (Wildman–Crippen MR) is 51.4 cm³/mol. The molecule has 2 rings (SSSR count). The van der Waals surface area contributed by atoms with Crippen molar-refractivity contribution in [2.24, 2.45) is 0 Å². The SMILES string of the molecule is Fc1ccc([C@H]2CCCN2)cc1C(F)(F)F. The second kappa shape index (κ2) is 4.05. The zero-order valence-corrected chi connectivity index (χ0v) is 8.44. The summed E-state index contributed by atoms with van der Waals surface area (Å²) in [5.41, 5.74) is -0.676. The molecule has 1 aliphatic rings. The molecule has 1 aromatic rings. The van der Waals surface area contributed by atoms with Crippen LogP contribution in [0.5, 0.6) is 0 Å². The van der Waals surface area contributed by atoms with Crippen LogP contribution >= 0.6 is 0 Å². The lowest BCUT2D eigenvalue weighted by Gasteiger charge is -2.14. The van der Waals surface area contributed by atoms with Gasteiger partial charge in [-0.3, -0.25) is 0 Å². The Morgan fingerprint density at radius 1 is 1.25 bits per heavy atom. The van der Waals surface area contributed by atoms with E-state index in [-0.39, 0.29) is 6.04 Å². The summed E-state index contributed by atoms with van der Waals surface area (Å²) in [6.07, 6.45) is -2.90. The summed E-state index contributed by atoms with van der Waals surface area (Å²) in [6, 6.07) is 3.12. The maximum absolute atomic E-state index is 13.0. The van der Waals surface area contributed by atoms with Gasteiger partial charge in [0.05, 0.1) is 5.56 Å². The Bertz CT molecular complexity index is 380. The van der Waals surface area contributed by atoms with Gasteiger partial charge in [-0.2, -0.15) is 13.2 Å². The van der Waals surface area contributed by atoms with E-state index in [1.54, 1.807) is 0 Å². The average Bonchev–Trinajstić information content (AvgIpc) is 2.69. The summed E-state index contributed by atoms with van der Waals surface area (Å²) in [5.74, 6) is -1.21. The average molecular weight is 233 g/mol. The van der Waals surface area contributed by atoms with E-state index < -0.39 is 17.6 Å². The van der Waals surface area contributed by atoms with Crippen LogP contribution in [-0.4, -0.2) is 6.54 Å². The second-order valence-corrected chi connectivity index (χ2v) is 3.89. The van der Waals surface area contributed by atoms with Crippen LogP contribution in [0.2, 0.25) is 0 Å². The van der Waals surface area contributed by atoms with Gasteiger partial charge in [0.2, 0.25) is 0 Å². The van der Waals surface area contributed by atoms with Crippen molar-refractivity contribution in [3.8, 4) is 0 Å². The van der Waals surface area contributed by atoms with Crippen molar-refractivity contribution >= 4 is 0 Å². The van der Waals surface area contributed by atoms with Crippen LogP contribution in [-0.2, 0) is 6.18 Å². The van der Waals surface area contributed by atoms with E-state index in [2.05, 4.69) is 5.32 Å². The second-order valence-electron chi connectivity index (χ2n) is 3.89. The molecule has 0 spiro atoms. The zero-order valence-electron chi connectivity index (χ0n) is 8.44. The fraction of sp³-hybridized carbons (Fsp3) is 0.455. The Labute approximate surface area is 90.5 Å². The third-order valence-corrected chi connectivity index (χ3v) is 2.76. The molecule has 1 nitrogen and oxygen atoms in total. The zero-order chi connectivity index (χ0) is 11.8. The Kier molecular flexibility index (Phi) is 2.88. The molecule has 1 heterocycles. The van der Waals surface area contributed by atoms with Gasteiger partial charge in [-0.05, 0) is 37.1 Å². The van der Waals surface area contributed by atoms with E-state index >= 15 is 0 Å². The molecule has 1 fully saturated rings. The van der Waals surface area contributed by atoms with Crippen molar-refractivity contribution < 1.29 is 17.6 Å². The highest BCUT2D eigenvalue weighted by Gasteiger charge is 2.34. The lowest BCUT2D eigenvalue weighted by molar-refractivity contribution is -0.140. The molecule has 5 heteroatoms. The van der Waals surface area contributed by atoms with Crippen LogP contribution in [0, 0.1) is 5.82 Å². The molecule has 0 amide bonds. The molecule has 0 bridgehead atoms. The predicted octanol–water partition coefficient (Wildman–Crippen LogP) is 3.27. The number of hydrogen-bond donors (Lipinski definition) is 1. The molecule has 1 atom stereocenters. The molecule has 1 N–H and O–H groups in total. The molecule has 0 unspecified atom stereocenters. The quantitative estimate of drug-likeness (QED) is 0.734. The highest BCUT2D eigenvalue weighted by Crippen LogP contribution is 2.34. The number of alkyl halides is 3. The molecule has 1 aromatic carbocycles. The van der Waals surface area contributed by atoms with Gasteiger partial charge in [0.1, 0.15) is 5.82 Å².